The molecule has 1 atom stereocenters. The third-order valence-corrected chi connectivity index (χ3v) is 11.7. The Bertz CT molecular complexity index is 973. The molecule has 0 aromatic rings. The van der Waals surface area contributed by atoms with E-state index in [1.807, 2.05) is 0 Å². The van der Waals surface area contributed by atoms with Crippen LogP contribution < -0.4 is 0 Å². The van der Waals surface area contributed by atoms with E-state index in [2.05, 4.69) is 45.1 Å². The van der Waals surface area contributed by atoms with Crippen LogP contribution in [0.5, 0.6) is 0 Å². The van der Waals surface area contributed by atoms with Gasteiger partial charge in [0.25, 0.3) is 0 Å². The van der Waals surface area contributed by atoms with Gasteiger partial charge in [0.15, 0.2) is 6.10 Å². The van der Waals surface area contributed by atoms with Gasteiger partial charge >= 0.3 is 17.9 Å². The van der Waals surface area contributed by atoms with Crippen molar-refractivity contribution < 1.29 is 28.6 Å². The lowest BCUT2D eigenvalue weighted by atomic mass is 10.0. The standard InChI is InChI=1S/C54H100O6/c1-4-7-10-13-16-19-22-24-25-26-27-28-30-32-35-38-41-44-47-53(56)59-50-51(49-58-52(55)46-43-40-37-34-31-21-18-15-12-9-6-3)60-54(57)48-45-42-39-36-33-29-23-20-17-14-11-8-5-2/h15,18,20,23,51H,4-14,16-17,19,21-22,24-50H2,1-3H3/b18-15-,23-20-/t51-/m1/s1. The first kappa shape index (κ1) is 57.9. The molecule has 0 aromatic heterocycles. The number of rotatable bonds is 48. The van der Waals surface area contributed by atoms with Crippen molar-refractivity contribution in [3.05, 3.63) is 24.3 Å². The maximum absolute atomic E-state index is 12.8. The highest BCUT2D eigenvalue weighted by atomic mass is 16.6. The molecule has 0 aliphatic rings. The monoisotopic (exact) mass is 845 g/mol. The average molecular weight is 845 g/mol. The van der Waals surface area contributed by atoms with Crippen LogP contribution in [0, 0.1) is 0 Å². The zero-order valence-corrected chi connectivity index (χ0v) is 40.2. The Kier molecular flexibility index (Phi) is 47.8. The number of hydrogen-bond donors (Lipinski definition) is 0. The second-order valence-corrected chi connectivity index (χ2v) is 17.8. The summed E-state index contributed by atoms with van der Waals surface area (Å²) in [5.74, 6) is -0.880. The zero-order chi connectivity index (χ0) is 43.7. The van der Waals surface area contributed by atoms with Gasteiger partial charge in [-0.25, -0.2) is 0 Å². The lowest BCUT2D eigenvalue weighted by molar-refractivity contribution is -0.167. The molecule has 0 aliphatic heterocycles. The van der Waals surface area contributed by atoms with E-state index in [1.54, 1.807) is 0 Å². The van der Waals surface area contributed by atoms with E-state index in [0.717, 1.165) is 70.6 Å². The minimum atomic E-state index is -0.773. The van der Waals surface area contributed by atoms with Crippen molar-refractivity contribution >= 4 is 17.9 Å². The molecule has 0 unspecified atom stereocenters. The predicted molar refractivity (Wildman–Crippen MR) is 256 cm³/mol. The van der Waals surface area contributed by atoms with Crippen molar-refractivity contribution in [3.8, 4) is 0 Å². The summed E-state index contributed by atoms with van der Waals surface area (Å²) < 4.78 is 16.8. The number of esters is 3. The van der Waals surface area contributed by atoms with E-state index in [9.17, 15) is 14.4 Å². The molecule has 6 nitrogen and oxygen atoms in total. The van der Waals surface area contributed by atoms with Crippen LogP contribution in [0.4, 0.5) is 0 Å². The molecule has 60 heavy (non-hydrogen) atoms. The minimum Gasteiger partial charge on any atom is -0.462 e. The number of carbonyl (C=O) groups excluding carboxylic acids is 3. The number of ether oxygens (including phenoxy) is 3. The zero-order valence-electron chi connectivity index (χ0n) is 40.2. The highest BCUT2D eigenvalue weighted by Gasteiger charge is 2.19. The van der Waals surface area contributed by atoms with Crippen molar-refractivity contribution in [2.24, 2.45) is 0 Å². The van der Waals surface area contributed by atoms with Crippen molar-refractivity contribution in [2.75, 3.05) is 13.2 Å². The van der Waals surface area contributed by atoms with Gasteiger partial charge in [-0.05, 0) is 64.2 Å². The molecule has 0 saturated carbocycles. The molecule has 352 valence electrons. The van der Waals surface area contributed by atoms with E-state index in [0.29, 0.717) is 19.3 Å². The van der Waals surface area contributed by atoms with Gasteiger partial charge in [-0.1, -0.05) is 225 Å². The van der Waals surface area contributed by atoms with Crippen molar-refractivity contribution in [1.29, 1.82) is 0 Å². The summed E-state index contributed by atoms with van der Waals surface area (Å²) in [6.07, 6.45) is 55.9. The third-order valence-electron chi connectivity index (χ3n) is 11.7. The van der Waals surface area contributed by atoms with Gasteiger partial charge in [-0.2, -0.15) is 0 Å². The largest absolute Gasteiger partial charge is 0.462 e. The third kappa shape index (κ3) is 46.9. The summed E-state index contributed by atoms with van der Waals surface area (Å²) >= 11 is 0. The van der Waals surface area contributed by atoms with Gasteiger partial charge in [-0.15, -0.1) is 0 Å². The van der Waals surface area contributed by atoms with Crippen LogP contribution in [-0.4, -0.2) is 37.2 Å². The van der Waals surface area contributed by atoms with E-state index < -0.39 is 6.10 Å². The molecule has 0 amide bonds. The maximum Gasteiger partial charge on any atom is 0.306 e. The number of unbranched alkanes of at least 4 members (excludes halogenated alkanes) is 33. The molecule has 0 heterocycles. The summed E-state index contributed by atoms with van der Waals surface area (Å²) in [6.45, 7) is 6.60. The first-order chi connectivity index (χ1) is 29.5. The summed E-state index contributed by atoms with van der Waals surface area (Å²) in [5.41, 5.74) is 0. The van der Waals surface area contributed by atoms with Crippen LogP contribution in [0.2, 0.25) is 0 Å². The van der Waals surface area contributed by atoms with Gasteiger partial charge in [0.1, 0.15) is 13.2 Å². The van der Waals surface area contributed by atoms with Crippen molar-refractivity contribution in [1.82, 2.24) is 0 Å². The average Bonchev–Trinajstić information content (AvgIpc) is 3.24. The normalized spacial score (nSPS) is 12.1. The fourth-order valence-electron chi connectivity index (χ4n) is 7.65. The van der Waals surface area contributed by atoms with Gasteiger partial charge < -0.3 is 14.2 Å². The van der Waals surface area contributed by atoms with E-state index >= 15 is 0 Å². The minimum absolute atomic E-state index is 0.0735. The van der Waals surface area contributed by atoms with Gasteiger partial charge in [0.2, 0.25) is 0 Å². The molecule has 0 aromatic carbocycles. The Morgan fingerprint density at radius 3 is 0.900 bits per heavy atom. The number of carbonyl (C=O) groups is 3. The van der Waals surface area contributed by atoms with E-state index in [-0.39, 0.29) is 31.1 Å². The Morgan fingerprint density at radius 1 is 0.317 bits per heavy atom. The molecular formula is C54H100O6. The Morgan fingerprint density at radius 2 is 0.567 bits per heavy atom. The highest BCUT2D eigenvalue weighted by molar-refractivity contribution is 5.71. The van der Waals surface area contributed by atoms with Crippen LogP contribution in [-0.2, 0) is 28.6 Å². The molecular weight excluding hydrogens is 745 g/mol. The Labute approximate surface area is 373 Å². The first-order valence-electron chi connectivity index (χ1n) is 26.3. The van der Waals surface area contributed by atoms with Crippen LogP contribution in [0.3, 0.4) is 0 Å². The van der Waals surface area contributed by atoms with Crippen LogP contribution >= 0.6 is 0 Å². The van der Waals surface area contributed by atoms with Crippen molar-refractivity contribution in [3.63, 3.8) is 0 Å². The summed E-state index contributed by atoms with van der Waals surface area (Å²) in [6, 6.07) is 0. The van der Waals surface area contributed by atoms with Crippen LogP contribution in [0.25, 0.3) is 0 Å². The lowest BCUT2D eigenvalue weighted by Gasteiger charge is -2.18. The molecule has 0 spiro atoms. The van der Waals surface area contributed by atoms with Crippen LogP contribution in [0.1, 0.15) is 284 Å². The van der Waals surface area contributed by atoms with Crippen LogP contribution in [0.15, 0.2) is 24.3 Å². The number of allylic oxidation sites excluding steroid dienone is 4. The maximum atomic E-state index is 12.8. The molecule has 0 radical (unpaired) electrons. The van der Waals surface area contributed by atoms with Crippen molar-refractivity contribution in [2.45, 2.75) is 290 Å². The first-order valence-corrected chi connectivity index (χ1v) is 26.3. The smallest absolute Gasteiger partial charge is 0.306 e. The topological polar surface area (TPSA) is 78.9 Å². The van der Waals surface area contributed by atoms with Gasteiger partial charge in [0, 0.05) is 19.3 Å². The predicted octanol–water partition coefficient (Wildman–Crippen LogP) is 17.2. The lowest BCUT2D eigenvalue weighted by Crippen LogP contribution is -2.30. The molecule has 0 saturated heterocycles. The summed E-state index contributed by atoms with van der Waals surface area (Å²) in [5, 5.41) is 0. The second-order valence-electron chi connectivity index (χ2n) is 17.8. The fraction of sp³-hybridized carbons (Fsp3) is 0.870. The molecule has 0 N–H and O–H groups in total. The quantitative estimate of drug-likeness (QED) is 0.0263. The van der Waals surface area contributed by atoms with E-state index in [1.165, 1.54) is 173 Å². The summed E-state index contributed by atoms with van der Waals surface area (Å²) in [7, 11) is 0. The molecule has 0 aliphatic carbocycles. The van der Waals surface area contributed by atoms with Gasteiger partial charge in [-0.3, -0.25) is 14.4 Å². The SMILES string of the molecule is CCCC/C=C\CCCCCCCC(=O)OC[C@H](COC(=O)CCCCCCCCCCCCCCCCCCCC)OC(=O)CCCCCCC/C=C\CCCCCC. The molecule has 6 heteroatoms. The Balaban J connectivity index is 4.30. The highest BCUT2D eigenvalue weighted by Crippen LogP contribution is 2.16. The second kappa shape index (κ2) is 49.5. The summed E-state index contributed by atoms with van der Waals surface area (Å²) in [4.78, 5) is 37.9. The Hall–Kier alpha value is -2.11. The van der Waals surface area contributed by atoms with E-state index in [4.69, 9.17) is 14.2 Å². The molecule has 0 bridgehead atoms. The molecule has 0 rings (SSSR count). The fourth-order valence-corrected chi connectivity index (χ4v) is 7.65. The number of hydrogen-bond acceptors (Lipinski definition) is 6. The van der Waals surface area contributed by atoms with Gasteiger partial charge in [0.05, 0.1) is 0 Å². The molecule has 0 fully saturated rings.